The number of nitrogens with zero attached hydrogens (tertiary/aromatic N) is 3. The molecule has 0 saturated carbocycles. The molecule has 34 heavy (non-hydrogen) atoms. The molecule has 3 aromatic heterocycles. The van der Waals surface area contributed by atoms with Gasteiger partial charge in [0.1, 0.15) is 5.65 Å². The minimum absolute atomic E-state index is 0.970. The lowest BCUT2D eigenvalue weighted by Crippen LogP contribution is -1.93. The van der Waals surface area contributed by atoms with Crippen molar-refractivity contribution in [2.45, 2.75) is 6.92 Å². The predicted molar refractivity (Wildman–Crippen MR) is 141 cm³/mol. The second kappa shape index (κ2) is 7.26. The highest BCUT2D eigenvalue weighted by Gasteiger charge is 2.14. The van der Waals surface area contributed by atoms with Crippen molar-refractivity contribution in [1.29, 1.82) is 0 Å². The quantitative estimate of drug-likeness (QED) is 0.259. The lowest BCUT2D eigenvalue weighted by molar-refractivity contribution is 1.31. The summed E-state index contributed by atoms with van der Waals surface area (Å²) in [5.74, 6) is 0. The summed E-state index contributed by atoms with van der Waals surface area (Å²) in [6, 6.07) is 38.3. The molecule has 0 bridgehead atoms. The number of para-hydroxylation sites is 3. The van der Waals surface area contributed by atoms with Crippen LogP contribution in [0.5, 0.6) is 0 Å². The topological polar surface area (TPSA) is 30.2 Å². The Bertz CT molecular complexity index is 1860. The van der Waals surface area contributed by atoms with Gasteiger partial charge in [0, 0.05) is 21.9 Å². The van der Waals surface area contributed by atoms with E-state index < -0.39 is 0 Å². The van der Waals surface area contributed by atoms with Gasteiger partial charge >= 0.3 is 0 Å². The molecule has 0 aliphatic carbocycles. The van der Waals surface area contributed by atoms with Gasteiger partial charge in [-0.25, -0.2) is 9.97 Å². The van der Waals surface area contributed by atoms with Crippen LogP contribution in [-0.4, -0.2) is 14.4 Å². The number of imidazole rings is 1. The van der Waals surface area contributed by atoms with Crippen molar-refractivity contribution >= 4 is 38.4 Å². The Kier molecular flexibility index (Phi) is 4.06. The van der Waals surface area contributed by atoms with Gasteiger partial charge < -0.3 is 0 Å². The average Bonchev–Trinajstić information content (AvgIpc) is 3.29. The molecule has 7 aromatic rings. The molecule has 0 aliphatic rings. The molecule has 0 spiro atoms. The Morgan fingerprint density at radius 2 is 1.24 bits per heavy atom. The molecule has 160 valence electrons. The summed E-state index contributed by atoms with van der Waals surface area (Å²) in [6.07, 6.45) is 0. The lowest BCUT2D eigenvalue weighted by Gasteiger charge is -2.11. The van der Waals surface area contributed by atoms with Crippen LogP contribution in [0.3, 0.4) is 0 Å². The average molecular weight is 436 g/mol. The Morgan fingerprint density at radius 1 is 0.529 bits per heavy atom. The monoisotopic (exact) mass is 435 g/mol. The molecule has 0 N–H and O–H groups in total. The van der Waals surface area contributed by atoms with Gasteiger partial charge in [0.05, 0.1) is 27.9 Å². The Hall–Kier alpha value is -4.50. The predicted octanol–water partition coefficient (Wildman–Crippen LogP) is 7.83. The molecule has 4 aromatic carbocycles. The fourth-order valence-corrected chi connectivity index (χ4v) is 4.95. The molecule has 3 heterocycles. The number of aryl methyl sites for hydroxylation is 1. The number of pyridine rings is 2. The van der Waals surface area contributed by atoms with Crippen LogP contribution < -0.4 is 0 Å². The summed E-state index contributed by atoms with van der Waals surface area (Å²) in [7, 11) is 0. The van der Waals surface area contributed by atoms with Crippen molar-refractivity contribution in [3.05, 3.63) is 115 Å². The minimum atomic E-state index is 0.970. The molecule has 0 atom stereocenters. The van der Waals surface area contributed by atoms with Crippen molar-refractivity contribution in [2.75, 3.05) is 0 Å². The van der Waals surface area contributed by atoms with E-state index in [1.807, 2.05) is 6.07 Å². The summed E-state index contributed by atoms with van der Waals surface area (Å²) in [4.78, 5) is 10.0. The van der Waals surface area contributed by atoms with E-state index in [1.165, 1.54) is 16.3 Å². The second-order valence-electron chi connectivity index (χ2n) is 8.81. The van der Waals surface area contributed by atoms with Crippen LogP contribution in [-0.2, 0) is 0 Å². The third-order valence-corrected chi connectivity index (χ3v) is 6.65. The summed E-state index contributed by atoms with van der Waals surface area (Å²) in [6.45, 7) is 2.10. The zero-order chi connectivity index (χ0) is 22.6. The van der Waals surface area contributed by atoms with Gasteiger partial charge in [-0.3, -0.25) is 4.40 Å². The molecule has 3 heteroatoms. The number of hydrogen-bond donors (Lipinski definition) is 0. The maximum atomic E-state index is 5.01. The van der Waals surface area contributed by atoms with E-state index in [9.17, 15) is 0 Å². The first-order chi connectivity index (χ1) is 16.8. The van der Waals surface area contributed by atoms with E-state index in [2.05, 4.69) is 114 Å². The molecule has 0 amide bonds. The third kappa shape index (κ3) is 2.84. The number of fused-ring (bicyclic) bond motifs is 8. The first-order valence-electron chi connectivity index (χ1n) is 11.5. The van der Waals surface area contributed by atoms with Crippen molar-refractivity contribution in [3.63, 3.8) is 0 Å². The van der Waals surface area contributed by atoms with Crippen LogP contribution in [0.1, 0.15) is 5.56 Å². The van der Waals surface area contributed by atoms with Gasteiger partial charge in [-0.05, 0) is 54.8 Å². The van der Waals surface area contributed by atoms with E-state index >= 15 is 0 Å². The molecular weight excluding hydrogens is 414 g/mol. The van der Waals surface area contributed by atoms with Crippen molar-refractivity contribution < 1.29 is 0 Å². The highest BCUT2D eigenvalue weighted by atomic mass is 15.0. The Morgan fingerprint density at radius 3 is 2.09 bits per heavy atom. The summed E-state index contributed by atoms with van der Waals surface area (Å²) in [5, 5.41) is 3.55. The maximum Gasteiger partial charge on any atom is 0.146 e. The van der Waals surface area contributed by atoms with Crippen LogP contribution in [0.25, 0.3) is 60.9 Å². The van der Waals surface area contributed by atoms with Gasteiger partial charge in [0.15, 0.2) is 0 Å². The van der Waals surface area contributed by atoms with Crippen LogP contribution in [0.15, 0.2) is 109 Å². The summed E-state index contributed by atoms with van der Waals surface area (Å²) < 4.78 is 2.28. The Balaban J connectivity index is 1.49. The summed E-state index contributed by atoms with van der Waals surface area (Å²) in [5.41, 5.74) is 9.73. The second-order valence-corrected chi connectivity index (χ2v) is 8.81. The molecule has 0 fully saturated rings. The van der Waals surface area contributed by atoms with E-state index in [4.69, 9.17) is 9.97 Å². The van der Waals surface area contributed by atoms with Gasteiger partial charge in [-0.2, -0.15) is 0 Å². The van der Waals surface area contributed by atoms with Crippen molar-refractivity contribution in [1.82, 2.24) is 14.4 Å². The highest BCUT2D eigenvalue weighted by molar-refractivity contribution is 6.14. The summed E-state index contributed by atoms with van der Waals surface area (Å²) >= 11 is 0. The maximum absolute atomic E-state index is 5.01. The first-order valence-corrected chi connectivity index (χ1v) is 11.5. The number of aromatic nitrogens is 3. The fraction of sp³-hybridized carbons (Fsp3) is 0.0323. The molecule has 0 aliphatic heterocycles. The van der Waals surface area contributed by atoms with E-state index in [0.717, 1.165) is 50.1 Å². The van der Waals surface area contributed by atoms with Gasteiger partial charge in [0.25, 0.3) is 0 Å². The van der Waals surface area contributed by atoms with Crippen molar-refractivity contribution in [3.8, 4) is 22.5 Å². The number of rotatable bonds is 2. The van der Waals surface area contributed by atoms with E-state index in [1.54, 1.807) is 0 Å². The van der Waals surface area contributed by atoms with E-state index in [-0.39, 0.29) is 0 Å². The van der Waals surface area contributed by atoms with E-state index in [0.29, 0.717) is 0 Å². The molecule has 3 nitrogen and oxygen atoms in total. The molecule has 7 rings (SSSR count). The van der Waals surface area contributed by atoms with Crippen LogP contribution in [0.4, 0.5) is 0 Å². The highest BCUT2D eigenvalue weighted by Crippen LogP contribution is 2.34. The third-order valence-electron chi connectivity index (χ3n) is 6.65. The fourth-order valence-electron chi connectivity index (χ4n) is 4.95. The molecule has 0 unspecified atom stereocenters. The van der Waals surface area contributed by atoms with Gasteiger partial charge in [-0.1, -0.05) is 72.3 Å². The molecular formula is C31H21N3. The van der Waals surface area contributed by atoms with Gasteiger partial charge in [-0.15, -0.1) is 0 Å². The lowest BCUT2D eigenvalue weighted by atomic mass is 10.0. The standard InChI is InChI=1S/C31H21N3/c1-20-13-15-21(16-14-20)26-9-6-10-27(32-26)22-17-18-24-25(19-22)23-7-2-4-11-29(23)34-30-12-5-3-8-28(30)33-31(24)34/h2-19H,1H3. The smallest absolute Gasteiger partial charge is 0.146 e. The zero-order valence-corrected chi connectivity index (χ0v) is 18.7. The van der Waals surface area contributed by atoms with Crippen LogP contribution >= 0.6 is 0 Å². The minimum Gasteiger partial charge on any atom is -0.292 e. The zero-order valence-electron chi connectivity index (χ0n) is 18.7. The first kappa shape index (κ1) is 19.0. The molecule has 0 radical (unpaired) electrons. The number of hydrogen-bond acceptors (Lipinski definition) is 2. The number of benzene rings is 4. The van der Waals surface area contributed by atoms with Crippen molar-refractivity contribution in [2.24, 2.45) is 0 Å². The normalized spacial score (nSPS) is 11.7. The van der Waals surface area contributed by atoms with Crippen LogP contribution in [0, 0.1) is 6.92 Å². The largest absolute Gasteiger partial charge is 0.292 e. The molecule has 0 saturated heterocycles. The SMILES string of the molecule is Cc1ccc(-c2cccc(-c3ccc4c(c3)c3ccccc3n3c5ccccc5nc43)n2)cc1. The van der Waals surface area contributed by atoms with Gasteiger partial charge in [0.2, 0.25) is 0 Å². The van der Waals surface area contributed by atoms with Crippen LogP contribution in [0.2, 0.25) is 0 Å². The Labute approximate surface area is 197 Å².